The van der Waals surface area contributed by atoms with E-state index in [0.29, 0.717) is 23.8 Å². The Bertz CT molecular complexity index is 406. The molecule has 0 amide bonds. The summed E-state index contributed by atoms with van der Waals surface area (Å²) in [6.07, 6.45) is 14.1. The topological polar surface area (TPSA) is 29.5 Å². The van der Waals surface area contributed by atoms with Gasteiger partial charge in [-0.3, -0.25) is 4.90 Å². The van der Waals surface area contributed by atoms with Gasteiger partial charge in [0.15, 0.2) is 0 Å². The van der Waals surface area contributed by atoms with E-state index in [1.807, 2.05) is 6.26 Å². The third-order valence-corrected chi connectivity index (χ3v) is 5.98. The summed E-state index contributed by atoms with van der Waals surface area (Å²) in [6, 6.07) is 2.03. The third kappa shape index (κ3) is 3.03. The molecule has 2 heterocycles. The van der Waals surface area contributed by atoms with Gasteiger partial charge in [-0.2, -0.15) is 0 Å². The van der Waals surface area contributed by atoms with Gasteiger partial charge < -0.3 is 9.53 Å². The van der Waals surface area contributed by atoms with Crippen molar-refractivity contribution in [3.05, 3.63) is 12.3 Å². The van der Waals surface area contributed by atoms with Crippen LogP contribution in [0.3, 0.4) is 0 Å². The van der Waals surface area contributed by atoms with Crippen molar-refractivity contribution in [3.8, 4) is 0 Å². The summed E-state index contributed by atoms with van der Waals surface area (Å²) in [5.41, 5.74) is 0. The van der Waals surface area contributed by atoms with Crippen molar-refractivity contribution >= 4 is 5.78 Å². The van der Waals surface area contributed by atoms with Crippen LogP contribution in [0.25, 0.3) is 0 Å². The molecule has 0 bridgehead atoms. The fraction of sp³-hybridized carbons (Fsp3) is 0.833. The Balaban J connectivity index is 1.75. The van der Waals surface area contributed by atoms with E-state index in [-0.39, 0.29) is 0 Å². The highest BCUT2D eigenvalue weighted by Gasteiger charge is 2.47. The maximum Gasteiger partial charge on any atom is 0.130 e. The average Bonchev–Trinajstić information content (AvgIpc) is 2.88. The molecule has 0 aromatic carbocycles. The van der Waals surface area contributed by atoms with Crippen LogP contribution in [0.2, 0.25) is 0 Å². The first kappa shape index (κ1) is 15.1. The Kier molecular flexibility index (Phi) is 4.68. The van der Waals surface area contributed by atoms with Crippen molar-refractivity contribution in [2.24, 2.45) is 11.8 Å². The van der Waals surface area contributed by atoms with E-state index < -0.39 is 0 Å². The molecule has 0 N–H and O–H groups in total. The highest BCUT2D eigenvalue weighted by atomic mass is 16.5. The predicted molar refractivity (Wildman–Crippen MR) is 83.9 cm³/mol. The summed E-state index contributed by atoms with van der Waals surface area (Å²) >= 11 is 0. The fourth-order valence-corrected chi connectivity index (χ4v) is 5.24. The zero-order valence-electron chi connectivity index (χ0n) is 13.5. The number of Topliss-reactive ketones (excluding diaryl/α,β-unsaturated/α-hetero) is 1. The summed E-state index contributed by atoms with van der Waals surface area (Å²) in [5.74, 6) is 1.75. The van der Waals surface area contributed by atoms with Gasteiger partial charge in [-0.15, -0.1) is 0 Å². The van der Waals surface area contributed by atoms with Crippen LogP contribution < -0.4 is 0 Å². The molecule has 3 aliphatic rings. The lowest BCUT2D eigenvalue weighted by Crippen LogP contribution is -2.54. The summed E-state index contributed by atoms with van der Waals surface area (Å²) in [6.45, 7) is 1.76. The molecule has 2 saturated heterocycles. The van der Waals surface area contributed by atoms with Crippen molar-refractivity contribution in [2.45, 2.75) is 76.4 Å². The van der Waals surface area contributed by atoms with Crippen LogP contribution in [-0.2, 0) is 9.53 Å². The number of methoxy groups -OCH3 is 1. The lowest BCUT2D eigenvalue weighted by Gasteiger charge is -2.50. The molecule has 0 unspecified atom stereocenters. The molecule has 118 valence electrons. The van der Waals surface area contributed by atoms with Crippen molar-refractivity contribution < 1.29 is 9.53 Å². The maximum absolute atomic E-state index is 11.6. The molecule has 1 saturated carbocycles. The maximum atomic E-state index is 11.6. The van der Waals surface area contributed by atoms with Crippen LogP contribution in [0.4, 0.5) is 0 Å². The van der Waals surface area contributed by atoms with Gasteiger partial charge in [0.25, 0.3) is 0 Å². The molecule has 3 nitrogen and oxygen atoms in total. The zero-order valence-corrected chi connectivity index (χ0v) is 13.5. The molecule has 0 spiro atoms. The molecule has 5 atom stereocenters. The number of carbonyl (C=O) groups is 1. The van der Waals surface area contributed by atoms with Crippen LogP contribution in [0.5, 0.6) is 0 Å². The van der Waals surface area contributed by atoms with Crippen molar-refractivity contribution in [1.29, 1.82) is 0 Å². The molecular formula is C18H29NO2. The lowest BCUT2D eigenvalue weighted by atomic mass is 9.68. The number of carbonyl (C=O) groups excluding carboxylic acids is 1. The molecule has 0 aromatic heterocycles. The molecule has 1 aliphatic carbocycles. The first-order chi connectivity index (χ1) is 10.2. The second kappa shape index (κ2) is 6.51. The number of hydrogen-bond donors (Lipinski definition) is 0. The molecule has 2 aliphatic heterocycles. The summed E-state index contributed by atoms with van der Waals surface area (Å²) in [7, 11) is 1.73. The Labute approximate surface area is 128 Å². The van der Waals surface area contributed by atoms with E-state index in [1.54, 1.807) is 14.0 Å². The van der Waals surface area contributed by atoms with Gasteiger partial charge in [-0.25, -0.2) is 0 Å². The summed E-state index contributed by atoms with van der Waals surface area (Å²) < 4.78 is 5.14. The first-order valence-electron chi connectivity index (χ1n) is 8.67. The van der Waals surface area contributed by atoms with Gasteiger partial charge >= 0.3 is 0 Å². The molecule has 3 heteroatoms. The van der Waals surface area contributed by atoms with E-state index in [0.717, 1.165) is 18.4 Å². The highest BCUT2D eigenvalue weighted by molar-refractivity contribution is 5.75. The number of fused-ring (bicyclic) bond motifs is 3. The minimum atomic E-state index is 0.375. The van der Waals surface area contributed by atoms with Gasteiger partial charge in [0, 0.05) is 24.5 Å². The average molecular weight is 291 g/mol. The van der Waals surface area contributed by atoms with E-state index >= 15 is 0 Å². The van der Waals surface area contributed by atoms with E-state index in [2.05, 4.69) is 11.0 Å². The molecule has 21 heavy (non-hydrogen) atoms. The van der Waals surface area contributed by atoms with Gasteiger partial charge in [-0.1, -0.05) is 6.42 Å². The number of ketones is 1. The monoisotopic (exact) mass is 291 g/mol. The Morgan fingerprint density at radius 3 is 2.76 bits per heavy atom. The summed E-state index contributed by atoms with van der Waals surface area (Å²) in [5, 5.41) is 0. The van der Waals surface area contributed by atoms with Crippen LogP contribution in [0.15, 0.2) is 12.3 Å². The van der Waals surface area contributed by atoms with Gasteiger partial charge in [0.1, 0.15) is 5.78 Å². The van der Waals surface area contributed by atoms with Crippen LogP contribution in [0, 0.1) is 11.8 Å². The number of ether oxygens (including phenoxy) is 1. The second-order valence-corrected chi connectivity index (χ2v) is 7.22. The van der Waals surface area contributed by atoms with Crippen molar-refractivity contribution in [2.75, 3.05) is 7.11 Å². The number of nitrogens with zero attached hydrogens (tertiary/aromatic N) is 1. The number of rotatable bonds is 4. The minimum Gasteiger partial charge on any atom is -0.505 e. The van der Waals surface area contributed by atoms with E-state index in [9.17, 15) is 4.79 Å². The van der Waals surface area contributed by atoms with Crippen molar-refractivity contribution in [1.82, 2.24) is 4.90 Å². The number of piperidine rings is 1. The SMILES string of the molecule is CO/C=C/[C@@H]1CC[C@@H]2CC[C@H]3[C@H](CC(C)=O)CCC[C@H]3N21. The lowest BCUT2D eigenvalue weighted by molar-refractivity contribution is -0.119. The molecule has 3 fully saturated rings. The van der Waals surface area contributed by atoms with Crippen LogP contribution in [0.1, 0.15) is 58.3 Å². The normalized spacial score (nSPS) is 40.0. The molecule has 3 rings (SSSR count). The predicted octanol–water partition coefficient (Wildman–Crippen LogP) is 3.54. The molecule has 0 aromatic rings. The Morgan fingerprint density at radius 1 is 1.19 bits per heavy atom. The van der Waals surface area contributed by atoms with Crippen molar-refractivity contribution in [3.63, 3.8) is 0 Å². The van der Waals surface area contributed by atoms with Crippen LogP contribution in [-0.4, -0.2) is 35.9 Å². The largest absolute Gasteiger partial charge is 0.505 e. The summed E-state index contributed by atoms with van der Waals surface area (Å²) in [4.78, 5) is 14.4. The fourth-order valence-electron chi connectivity index (χ4n) is 5.24. The first-order valence-corrected chi connectivity index (χ1v) is 8.67. The van der Waals surface area contributed by atoms with Gasteiger partial charge in [-0.05, 0) is 63.4 Å². The third-order valence-electron chi connectivity index (χ3n) is 5.98. The van der Waals surface area contributed by atoms with Gasteiger partial charge in [0.05, 0.1) is 13.4 Å². The number of hydrogen-bond acceptors (Lipinski definition) is 3. The van der Waals surface area contributed by atoms with E-state index in [4.69, 9.17) is 4.74 Å². The molecule has 0 radical (unpaired) electrons. The standard InChI is InChI=1S/C18H29NO2/c1-13(20)12-14-4-3-5-18-17(14)9-8-15-6-7-16(19(15)18)10-11-21-2/h10-11,14-18H,3-9,12H2,1-2H3/b11-10+/t14-,15+,16-,17-,18+/m0/s1. The highest BCUT2D eigenvalue weighted by Crippen LogP contribution is 2.47. The quantitative estimate of drug-likeness (QED) is 0.742. The smallest absolute Gasteiger partial charge is 0.130 e. The minimum absolute atomic E-state index is 0.375. The Morgan fingerprint density at radius 2 is 2.00 bits per heavy atom. The molecular weight excluding hydrogens is 262 g/mol. The van der Waals surface area contributed by atoms with Gasteiger partial charge in [0.2, 0.25) is 0 Å². The second-order valence-electron chi connectivity index (χ2n) is 7.22. The van der Waals surface area contributed by atoms with Crippen LogP contribution >= 0.6 is 0 Å². The Hall–Kier alpha value is -0.830. The zero-order chi connectivity index (χ0) is 14.8. The van der Waals surface area contributed by atoms with E-state index in [1.165, 1.54) is 44.9 Å².